The molecule has 0 aromatic heterocycles. The molecule has 3 nitrogen and oxygen atoms in total. The van der Waals surface area contributed by atoms with Crippen LogP contribution in [0.2, 0.25) is 5.02 Å². The Hall–Kier alpha value is -1.06. The zero-order valence-corrected chi connectivity index (χ0v) is 12.8. The van der Waals surface area contributed by atoms with Crippen molar-refractivity contribution >= 4 is 17.5 Å². The Bertz CT molecular complexity index is 456. The average Bonchev–Trinajstić information content (AvgIpc) is 2.93. The monoisotopic (exact) mass is 294 g/mol. The van der Waals surface area contributed by atoms with Crippen molar-refractivity contribution < 1.29 is 4.79 Å². The molecule has 0 spiro atoms. The summed E-state index contributed by atoms with van der Waals surface area (Å²) < 4.78 is 0. The van der Waals surface area contributed by atoms with E-state index in [1.165, 1.54) is 18.4 Å². The summed E-state index contributed by atoms with van der Waals surface area (Å²) in [4.78, 5) is 11.8. The minimum absolute atomic E-state index is 0.0696. The van der Waals surface area contributed by atoms with Gasteiger partial charge in [-0.1, -0.05) is 36.6 Å². The van der Waals surface area contributed by atoms with E-state index < -0.39 is 0 Å². The average molecular weight is 295 g/mol. The zero-order chi connectivity index (χ0) is 14.4. The number of hydrogen-bond acceptors (Lipinski definition) is 2. The van der Waals surface area contributed by atoms with Crippen LogP contribution in [0.1, 0.15) is 37.7 Å². The molecule has 1 aromatic carbocycles. The van der Waals surface area contributed by atoms with E-state index >= 15 is 0 Å². The Morgan fingerprint density at radius 1 is 1.35 bits per heavy atom. The van der Waals surface area contributed by atoms with E-state index in [9.17, 15) is 4.79 Å². The van der Waals surface area contributed by atoms with Gasteiger partial charge in [-0.05, 0) is 37.6 Å². The number of carbonyl (C=O) groups excluding carboxylic acids is 1. The Morgan fingerprint density at radius 2 is 2.10 bits per heavy atom. The lowest BCUT2D eigenvalue weighted by Crippen LogP contribution is -2.39. The fourth-order valence-corrected chi connectivity index (χ4v) is 3.22. The fraction of sp³-hybridized carbons (Fsp3) is 0.562. The van der Waals surface area contributed by atoms with Crippen LogP contribution in [-0.4, -0.2) is 26.0 Å². The van der Waals surface area contributed by atoms with Gasteiger partial charge in [-0.15, -0.1) is 0 Å². The quantitative estimate of drug-likeness (QED) is 0.847. The van der Waals surface area contributed by atoms with Crippen molar-refractivity contribution in [2.75, 3.05) is 20.1 Å². The van der Waals surface area contributed by atoms with Crippen molar-refractivity contribution in [1.82, 2.24) is 10.6 Å². The minimum atomic E-state index is 0.0696. The third-order valence-corrected chi connectivity index (χ3v) is 4.46. The molecule has 4 heteroatoms. The summed E-state index contributed by atoms with van der Waals surface area (Å²) >= 11 is 6.12. The van der Waals surface area contributed by atoms with Crippen LogP contribution in [0.15, 0.2) is 24.3 Å². The number of carbonyl (C=O) groups is 1. The van der Waals surface area contributed by atoms with E-state index in [0.717, 1.165) is 31.0 Å². The lowest BCUT2D eigenvalue weighted by Gasteiger charge is -2.30. The number of hydrogen-bond donors (Lipinski definition) is 2. The summed E-state index contributed by atoms with van der Waals surface area (Å²) in [6.45, 7) is 1.44. The Kier molecular flexibility index (Phi) is 5.44. The highest BCUT2D eigenvalue weighted by atomic mass is 35.5. The normalized spacial score (nSPS) is 17.1. The molecule has 1 fully saturated rings. The van der Waals surface area contributed by atoms with E-state index in [0.29, 0.717) is 6.42 Å². The summed E-state index contributed by atoms with van der Waals surface area (Å²) in [7, 11) is 1.86. The van der Waals surface area contributed by atoms with Gasteiger partial charge in [-0.2, -0.15) is 0 Å². The summed E-state index contributed by atoms with van der Waals surface area (Å²) in [5.74, 6) is 0.118. The van der Waals surface area contributed by atoms with Crippen molar-refractivity contribution in [1.29, 1.82) is 0 Å². The molecule has 0 atom stereocenters. The van der Waals surface area contributed by atoms with Gasteiger partial charge in [0, 0.05) is 29.9 Å². The molecule has 1 saturated carbocycles. The smallest absolute Gasteiger partial charge is 0.221 e. The molecule has 2 N–H and O–H groups in total. The maximum Gasteiger partial charge on any atom is 0.221 e. The van der Waals surface area contributed by atoms with Crippen molar-refractivity contribution in [3.8, 4) is 0 Å². The van der Waals surface area contributed by atoms with Crippen LogP contribution in [0.25, 0.3) is 0 Å². The first-order chi connectivity index (χ1) is 9.66. The molecule has 0 unspecified atom stereocenters. The van der Waals surface area contributed by atoms with Crippen LogP contribution in [0.5, 0.6) is 0 Å². The van der Waals surface area contributed by atoms with Gasteiger partial charge in [0.2, 0.25) is 5.91 Å². The van der Waals surface area contributed by atoms with Crippen LogP contribution in [0.4, 0.5) is 0 Å². The van der Waals surface area contributed by atoms with Crippen molar-refractivity contribution in [2.24, 2.45) is 0 Å². The third kappa shape index (κ3) is 3.74. The topological polar surface area (TPSA) is 41.1 Å². The van der Waals surface area contributed by atoms with Crippen molar-refractivity contribution in [3.63, 3.8) is 0 Å². The summed E-state index contributed by atoms with van der Waals surface area (Å²) in [6.07, 6.45) is 5.22. The molecule has 2 rings (SSSR count). The van der Waals surface area contributed by atoms with Gasteiger partial charge in [0.05, 0.1) is 0 Å². The Morgan fingerprint density at radius 3 is 2.75 bits per heavy atom. The van der Waals surface area contributed by atoms with Crippen LogP contribution in [0.3, 0.4) is 0 Å². The second-order valence-electron chi connectivity index (χ2n) is 5.63. The van der Waals surface area contributed by atoms with E-state index in [1.54, 1.807) is 0 Å². The van der Waals surface area contributed by atoms with Gasteiger partial charge in [0.15, 0.2) is 0 Å². The highest BCUT2D eigenvalue weighted by Gasteiger charge is 2.35. The summed E-state index contributed by atoms with van der Waals surface area (Å²) in [6, 6.07) is 8.09. The van der Waals surface area contributed by atoms with Crippen LogP contribution in [-0.2, 0) is 10.2 Å². The van der Waals surface area contributed by atoms with Crippen LogP contribution in [0, 0.1) is 0 Å². The largest absolute Gasteiger partial charge is 0.355 e. The van der Waals surface area contributed by atoms with Crippen molar-refractivity contribution in [3.05, 3.63) is 34.9 Å². The predicted molar refractivity (Wildman–Crippen MR) is 83.2 cm³/mol. The van der Waals surface area contributed by atoms with E-state index in [-0.39, 0.29) is 11.3 Å². The standard InChI is InChI=1S/C16H23ClN2O/c1-18-10-7-15(20)19-12-16(8-2-3-9-16)13-5-4-6-14(17)11-13/h4-6,11,18H,2-3,7-10,12H2,1H3,(H,19,20). The van der Waals surface area contributed by atoms with Gasteiger partial charge >= 0.3 is 0 Å². The van der Waals surface area contributed by atoms with E-state index in [4.69, 9.17) is 11.6 Å². The first-order valence-electron chi connectivity index (χ1n) is 7.34. The number of halogens is 1. The molecular formula is C16H23ClN2O. The number of amides is 1. The second-order valence-corrected chi connectivity index (χ2v) is 6.06. The second kappa shape index (κ2) is 7.09. The molecule has 1 aliphatic rings. The molecule has 0 radical (unpaired) electrons. The molecule has 0 heterocycles. The summed E-state index contributed by atoms with van der Waals surface area (Å²) in [5, 5.41) is 6.87. The van der Waals surface area contributed by atoms with Crippen molar-refractivity contribution in [2.45, 2.75) is 37.5 Å². The Balaban J connectivity index is 2.05. The minimum Gasteiger partial charge on any atom is -0.355 e. The van der Waals surface area contributed by atoms with Gasteiger partial charge in [-0.25, -0.2) is 0 Å². The van der Waals surface area contributed by atoms with Gasteiger partial charge in [0.1, 0.15) is 0 Å². The predicted octanol–water partition coefficient (Wildman–Crippen LogP) is 2.88. The first-order valence-corrected chi connectivity index (χ1v) is 7.71. The van der Waals surface area contributed by atoms with Gasteiger partial charge in [-0.3, -0.25) is 4.79 Å². The van der Waals surface area contributed by atoms with E-state index in [2.05, 4.69) is 16.7 Å². The number of benzene rings is 1. The third-order valence-electron chi connectivity index (χ3n) is 4.22. The first kappa shape index (κ1) is 15.3. The maximum absolute atomic E-state index is 11.8. The van der Waals surface area contributed by atoms with E-state index in [1.807, 2.05) is 25.2 Å². The lowest BCUT2D eigenvalue weighted by atomic mass is 9.79. The SMILES string of the molecule is CNCCC(=O)NCC1(c2cccc(Cl)c2)CCCC1. The lowest BCUT2D eigenvalue weighted by molar-refractivity contribution is -0.121. The molecule has 0 aliphatic heterocycles. The molecule has 110 valence electrons. The van der Waals surface area contributed by atoms with Gasteiger partial charge in [0.25, 0.3) is 0 Å². The molecule has 1 aromatic rings. The highest BCUT2D eigenvalue weighted by molar-refractivity contribution is 6.30. The maximum atomic E-state index is 11.8. The molecule has 0 saturated heterocycles. The molecule has 1 amide bonds. The van der Waals surface area contributed by atoms with Crippen LogP contribution < -0.4 is 10.6 Å². The number of nitrogens with one attached hydrogen (secondary N) is 2. The molecule has 20 heavy (non-hydrogen) atoms. The summed E-state index contributed by atoms with van der Waals surface area (Å²) in [5.41, 5.74) is 1.33. The van der Waals surface area contributed by atoms with Gasteiger partial charge < -0.3 is 10.6 Å². The Labute approximate surface area is 126 Å². The fourth-order valence-electron chi connectivity index (χ4n) is 3.03. The molecule has 1 aliphatic carbocycles. The molecular weight excluding hydrogens is 272 g/mol. The molecule has 0 bridgehead atoms. The van der Waals surface area contributed by atoms with Crippen LogP contribution >= 0.6 is 11.6 Å². The zero-order valence-electron chi connectivity index (χ0n) is 12.0. The number of rotatable bonds is 6. The highest BCUT2D eigenvalue weighted by Crippen LogP contribution is 2.41.